The van der Waals surface area contributed by atoms with E-state index in [0.717, 1.165) is 11.3 Å². The molecule has 3 heteroatoms. The second-order valence-corrected chi connectivity index (χ2v) is 2.06. The van der Waals surface area contributed by atoms with E-state index in [1.54, 1.807) is 0 Å². The molecule has 0 saturated heterocycles. The third-order valence-electron chi connectivity index (χ3n) is 1.33. The molecular weight excluding hydrogens is 222 g/mol. The Kier molecular flexibility index (Phi) is 41.9. The molecule has 0 aliphatic heterocycles. The van der Waals surface area contributed by atoms with Crippen LogP contribution in [0, 0.1) is 6.92 Å². The zero-order valence-corrected chi connectivity index (χ0v) is 13.5. The van der Waals surface area contributed by atoms with Crippen LogP contribution in [0.3, 0.4) is 0 Å². The lowest BCUT2D eigenvalue weighted by molar-refractivity contribution is 1.40. The van der Waals surface area contributed by atoms with E-state index in [2.05, 4.69) is 10.7 Å². The summed E-state index contributed by atoms with van der Waals surface area (Å²) >= 11 is 0. The smallest absolute Gasteiger partial charge is 0.0860 e. The minimum absolute atomic E-state index is 0.935. The van der Waals surface area contributed by atoms with E-state index in [1.165, 1.54) is 13.4 Å². The maximum Gasteiger partial charge on any atom is 0.0860 e. The molecule has 0 aliphatic rings. The molecule has 1 aromatic carbocycles. The maximum atomic E-state index is 5.14. The first-order chi connectivity index (χ1) is 8.84. The minimum atomic E-state index is 0.935. The summed E-state index contributed by atoms with van der Waals surface area (Å²) in [5, 5.41) is 0. The van der Waals surface area contributed by atoms with Crippen molar-refractivity contribution in [2.24, 2.45) is 16.5 Å². The summed E-state index contributed by atoms with van der Waals surface area (Å²) in [6.45, 7) is 14.0. The largest absolute Gasteiger partial charge is 0.390 e. The Hall–Kier alpha value is -1.35. The number of para-hydroxylation sites is 1. The van der Waals surface area contributed by atoms with Crippen LogP contribution in [-0.2, 0) is 0 Å². The van der Waals surface area contributed by atoms with E-state index in [9.17, 15) is 0 Å². The van der Waals surface area contributed by atoms with E-state index in [4.69, 9.17) is 5.73 Å². The lowest BCUT2D eigenvalue weighted by Gasteiger charge is -1.95. The quantitative estimate of drug-likeness (QED) is 0.581. The fourth-order valence-electron chi connectivity index (χ4n) is 0.789. The van der Waals surface area contributed by atoms with Crippen LogP contribution in [0.25, 0.3) is 0 Å². The molecule has 0 unspecified atom stereocenters. The van der Waals surface area contributed by atoms with Gasteiger partial charge in [0.2, 0.25) is 0 Å². The second kappa shape index (κ2) is 29.6. The highest BCUT2D eigenvalue weighted by Gasteiger charge is 1.89. The molecule has 0 amide bonds. The third-order valence-corrected chi connectivity index (χ3v) is 1.33. The van der Waals surface area contributed by atoms with Gasteiger partial charge in [-0.3, -0.25) is 0 Å². The summed E-state index contributed by atoms with van der Waals surface area (Å²) in [5.74, 6) is 0. The molecule has 1 rings (SSSR count). The molecule has 0 fully saturated rings. The Morgan fingerprint density at radius 3 is 1.61 bits per heavy atom. The summed E-state index contributed by atoms with van der Waals surface area (Å²) in [6.07, 6.45) is 1.31. The molecule has 0 bridgehead atoms. The molecule has 0 spiro atoms. The highest BCUT2D eigenvalue weighted by molar-refractivity contribution is 5.60. The Morgan fingerprint density at radius 1 is 0.889 bits per heavy atom. The summed E-state index contributed by atoms with van der Waals surface area (Å²) < 4.78 is 0. The van der Waals surface area contributed by atoms with Crippen LogP contribution in [0.1, 0.15) is 47.1 Å². The SMILES string of the molecule is CC.CC.CC.CN.Cc1ccccc1N=CN. The third kappa shape index (κ3) is 17.1. The van der Waals surface area contributed by atoms with Crippen LogP contribution in [0.15, 0.2) is 29.3 Å². The predicted molar refractivity (Wildman–Crippen MR) is 87.7 cm³/mol. The van der Waals surface area contributed by atoms with Crippen molar-refractivity contribution in [1.29, 1.82) is 0 Å². The number of hydrogen-bond donors (Lipinski definition) is 2. The second-order valence-electron chi connectivity index (χ2n) is 2.06. The standard InChI is InChI=1S/C8H10N2.3C2H6.CH5N/c1-7-4-2-3-5-8(7)10-6-9;4*1-2/h2-6H,1H3,(H2,9,10);3*1-2H3;2H2,1H3. The van der Waals surface area contributed by atoms with Crippen molar-refractivity contribution < 1.29 is 0 Å². The van der Waals surface area contributed by atoms with Crippen molar-refractivity contribution in [3.05, 3.63) is 29.8 Å². The summed E-state index contributed by atoms with van der Waals surface area (Å²) in [6, 6.07) is 7.85. The first-order valence-electron chi connectivity index (χ1n) is 6.72. The molecule has 18 heavy (non-hydrogen) atoms. The van der Waals surface area contributed by atoms with Gasteiger partial charge in [-0.2, -0.15) is 0 Å². The molecule has 108 valence electrons. The number of hydrogen-bond acceptors (Lipinski definition) is 2. The van der Waals surface area contributed by atoms with Crippen LogP contribution in [0.5, 0.6) is 0 Å². The van der Waals surface area contributed by atoms with E-state index in [1.807, 2.05) is 72.7 Å². The van der Waals surface area contributed by atoms with E-state index in [-0.39, 0.29) is 0 Å². The molecule has 0 saturated carbocycles. The molecule has 0 heterocycles. The average molecular weight is 255 g/mol. The van der Waals surface area contributed by atoms with Crippen molar-refractivity contribution in [1.82, 2.24) is 0 Å². The van der Waals surface area contributed by atoms with E-state index in [0.29, 0.717) is 0 Å². The summed E-state index contributed by atoms with van der Waals surface area (Å²) in [4.78, 5) is 3.96. The van der Waals surface area contributed by atoms with E-state index < -0.39 is 0 Å². The van der Waals surface area contributed by atoms with Gasteiger partial charge in [-0.1, -0.05) is 59.7 Å². The van der Waals surface area contributed by atoms with Crippen LogP contribution in [-0.4, -0.2) is 13.4 Å². The van der Waals surface area contributed by atoms with Gasteiger partial charge in [0.05, 0.1) is 12.0 Å². The Balaban J connectivity index is -0.000000105. The molecule has 0 atom stereocenters. The van der Waals surface area contributed by atoms with Crippen molar-refractivity contribution in [2.75, 3.05) is 7.05 Å². The first kappa shape index (κ1) is 25.5. The predicted octanol–water partition coefficient (Wildman–Crippen LogP) is 4.27. The Morgan fingerprint density at radius 2 is 1.28 bits per heavy atom. The van der Waals surface area contributed by atoms with Crippen molar-refractivity contribution in [3.63, 3.8) is 0 Å². The van der Waals surface area contributed by atoms with Crippen molar-refractivity contribution >= 4 is 12.0 Å². The highest BCUT2D eigenvalue weighted by Crippen LogP contribution is 2.15. The zero-order valence-electron chi connectivity index (χ0n) is 13.5. The number of aliphatic imine (C=N–C) groups is 1. The van der Waals surface area contributed by atoms with Crippen LogP contribution < -0.4 is 11.5 Å². The lowest BCUT2D eigenvalue weighted by Crippen LogP contribution is -1.86. The molecule has 0 radical (unpaired) electrons. The molecule has 3 nitrogen and oxygen atoms in total. The number of rotatable bonds is 1. The van der Waals surface area contributed by atoms with Crippen LogP contribution >= 0.6 is 0 Å². The van der Waals surface area contributed by atoms with Gasteiger partial charge in [-0.05, 0) is 25.6 Å². The number of aryl methyl sites for hydroxylation is 1. The van der Waals surface area contributed by atoms with Gasteiger partial charge >= 0.3 is 0 Å². The first-order valence-corrected chi connectivity index (χ1v) is 6.72. The topological polar surface area (TPSA) is 64.4 Å². The number of nitrogens with zero attached hydrogens (tertiary/aromatic N) is 1. The summed E-state index contributed by atoms with van der Waals surface area (Å²) in [5.41, 5.74) is 11.7. The Bertz CT molecular complexity index is 245. The monoisotopic (exact) mass is 255 g/mol. The van der Waals surface area contributed by atoms with Crippen molar-refractivity contribution in [3.8, 4) is 0 Å². The Labute approximate surface area is 114 Å². The van der Waals surface area contributed by atoms with Gasteiger partial charge < -0.3 is 11.5 Å². The van der Waals surface area contributed by atoms with Gasteiger partial charge in [0, 0.05) is 0 Å². The van der Waals surface area contributed by atoms with Gasteiger partial charge in [0.25, 0.3) is 0 Å². The van der Waals surface area contributed by atoms with Gasteiger partial charge in [0.1, 0.15) is 0 Å². The fourth-order valence-corrected chi connectivity index (χ4v) is 0.789. The number of benzene rings is 1. The fraction of sp³-hybridized carbons (Fsp3) is 0.533. The van der Waals surface area contributed by atoms with E-state index >= 15 is 0 Å². The van der Waals surface area contributed by atoms with Gasteiger partial charge in [-0.15, -0.1) is 0 Å². The minimum Gasteiger partial charge on any atom is -0.390 e. The average Bonchev–Trinajstić information content (AvgIpc) is 2.50. The molecule has 1 aromatic rings. The maximum absolute atomic E-state index is 5.14. The van der Waals surface area contributed by atoms with Gasteiger partial charge in [0.15, 0.2) is 0 Å². The lowest BCUT2D eigenvalue weighted by atomic mass is 10.2. The van der Waals surface area contributed by atoms with Crippen LogP contribution in [0.2, 0.25) is 0 Å². The molecule has 4 N–H and O–H groups in total. The van der Waals surface area contributed by atoms with Crippen molar-refractivity contribution in [2.45, 2.75) is 48.5 Å². The summed E-state index contributed by atoms with van der Waals surface area (Å²) in [7, 11) is 1.50. The molecule has 0 aliphatic carbocycles. The zero-order chi connectivity index (χ0) is 15.4. The van der Waals surface area contributed by atoms with Gasteiger partial charge in [-0.25, -0.2) is 4.99 Å². The normalized spacial score (nSPS) is 7.17. The molecular formula is C15H33N3. The number of nitrogens with two attached hydrogens (primary N) is 2. The van der Waals surface area contributed by atoms with Crippen LogP contribution in [0.4, 0.5) is 5.69 Å². The highest BCUT2D eigenvalue weighted by atomic mass is 14.8. The molecule has 0 aromatic heterocycles.